The Morgan fingerprint density at radius 3 is 1.67 bits per heavy atom. The zero-order valence-corrected chi connectivity index (χ0v) is 31.2. The van der Waals surface area contributed by atoms with Gasteiger partial charge in [-0.3, -0.25) is 4.98 Å². The molecule has 5 aromatic heterocycles. The highest BCUT2D eigenvalue weighted by Gasteiger charge is 2.13. The fourth-order valence-electron chi connectivity index (χ4n) is 7.68. The minimum Gasteiger partial charge on any atom is -0.254 e. The minimum atomic E-state index is 0.693. The lowest BCUT2D eigenvalue weighted by atomic mass is 10.00. The summed E-state index contributed by atoms with van der Waals surface area (Å²) in [6.45, 7) is 0. The highest BCUT2D eigenvalue weighted by Crippen LogP contribution is 2.33. The molecule has 0 radical (unpaired) electrons. The molecule has 0 unspecified atom stereocenters. The van der Waals surface area contributed by atoms with E-state index in [9.17, 15) is 0 Å². The maximum absolute atomic E-state index is 5.12. The van der Waals surface area contributed by atoms with Crippen LogP contribution in [-0.2, 0) is 0 Å². The van der Waals surface area contributed by atoms with E-state index in [0.717, 1.165) is 105 Å². The van der Waals surface area contributed by atoms with Gasteiger partial charge in [0.25, 0.3) is 0 Å². The van der Waals surface area contributed by atoms with Gasteiger partial charge in [0.1, 0.15) is 0 Å². The van der Waals surface area contributed by atoms with Crippen molar-refractivity contribution >= 4 is 43.6 Å². The minimum absolute atomic E-state index is 0.693. The molecule has 0 amide bonds. The van der Waals surface area contributed by atoms with Crippen LogP contribution in [0, 0.1) is 0 Å². The molecular weight excluding hydrogens is 709 g/mol. The number of rotatable bonds is 6. The van der Waals surface area contributed by atoms with Gasteiger partial charge in [0, 0.05) is 50.0 Å². The van der Waals surface area contributed by atoms with Crippen LogP contribution in [0.2, 0.25) is 0 Å². The van der Waals surface area contributed by atoms with E-state index in [1.54, 1.807) is 0 Å². The smallest absolute Gasteiger partial charge is 0.160 e. The molecule has 6 nitrogen and oxygen atoms in total. The highest BCUT2D eigenvalue weighted by atomic mass is 14.9. The molecule has 11 aromatic rings. The van der Waals surface area contributed by atoms with Crippen molar-refractivity contribution in [2.75, 3.05) is 0 Å². The van der Waals surface area contributed by atoms with Crippen LogP contribution in [0.15, 0.2) is 194 Å². The van der Waals surface area contributed by atoms with Crippen LogP contribution in [0.25, 0.3) is 111 Å². The van der Waals surface area contributed by atoms with Gasteiger partial charge >= 0.3 is 0 Å². The fraction of sp³-hybridized carbons (Fsp3) is 0. The van der Waals surface area contributed by atoms with E-state index in [0.29, 0.717) is 5.82 Å². The van der Waals surface area contributed by atoms with Crippen molar-refractivity contribution < 1.29 is 0 Å². The van der Waals surface area contributed by atoms with Crippen molar-refractivity contribution in [2.45, 2.75) is 0 Å². The molecule has 11 rings (SSSR count). The van der Waals surface area contributed by atoms with Crippen LogP contribution in [0.1, 0.15) is 0 Å². The molecule has 5 heterocycles. The quantitative estimate of drug-likeness (QED) is 0.158. The Hall–Kier alpha value is -7.96. The van der Waals surface area contributed by atoms with Crippen molar-refractivity contribution in [3.05, 3.63) is 194 Å². The van der Waals surface area contributed by atoms with Crippen molar-refractivity contribution in [1.82, 2.24) is 29.9 Å². The highest BCUT2D eigenvalue weighted by molar-refractivity contribution is 6.03. The zero-order chi connectivity index (χ0) is 38.4. The molecule has 0 spiro atoms. The summed E-state index contributed by atoms with van der Waals surface area (Å²) in [6, 6.07) is 64.5. The summed E-state index contributed by atoms with van der Waals surface area (Å²) in [4.78, 5) is 29.9. The molecule has 0 N–H and O–H groups in total. The lowest BCUT2D eigenvalue weighted by molar-refractivity contribution is 1.18. The van der Waals surface area contributed by atoms with E-state index in [4.69, 9.17) is 24.9 Å². The van der Waals surface area contributed by atoms with Crippen molar-refractivity contribution in [3.63, 3.8) is 0 Å². The third-order valence-electron chi connectivity index (χ3n) is 10.7. The van der Waals surface area contributed by atoms with Gasteiger partial charge in [0.2, 0.25) is 0 Å². The average molecular weight is 741 g/mol. The Morgan fingerprint density at radius 1 is 0.259 bits per heavy atom. The topological polar surface area (TPSA) is 77.3 Å². The summed E-state index contributed by atoms with van der Waals surface area (Å²) in [6.07, 6.45) is 1.82. The molecule has 58 heavy (non-hydrogen) atoms. The number of nitrogens with zero attached hydrogens (tertiary/aromatic N) is 6. The van der Waals surface area contributed by atoms with Crippen LogP contribution >= 0.6 is 0 Å². The predicted octanol–water partition coefficient (Wildman–Crippen LogP) is 12.7. The first-order valence-corrected chi connectivity index (χ1v) is 19.3. The largest absolute Gasteiger partial charge is 0.254 e. The number of fused-ring (bicyclic) bond motifs is 5. The van der Waals surface area contributed by atoms with E-state index >= 15 is 0 Å². The number of benzene rings is 6. The third kappa shape index (κ3) is 6.19. The summed E-state index contributed by atoms with van der Waals surface area (Å²) >= 11 is 0. The van der Waals surface area contributed by atoms with Gasteiger partial charge in [-0.1, -0.05) is 133 Å². The standard InChI is InChI=1S/C52H32N6/c1-3-9-33(10-4-1)48-32-49(58-52(57-48)37-11-5-2-6-12-37)41-14-7-13-40(30-41)43-25-23-42-29-38(22-24-44(42)54-43)39-19-16-34-20-26-45(55-47(34)31-39)46-27-21-36-18-17-35-15-8-28-53-50(35)51(36)56-46/h1-32H. The van der Waals surface area contributed by atoms with Gasteiger partial charge in [0.05, 0.1) is 50.5 Å². The first-order valence-electron chi connectivity index (χ1n) is 19.3. The third-order valence-corrected chi connectivity index (χ3v) is 10.7. The molecule has 6 aromatic carbocycles. The Labute approximate surface area is 334 Å². The lowest BCUT2D eigenvalue weighted by Crippen LogP contribution is -1.96. The predicted molar refractivity (Wildman–Crippen MR) is 236 cm³/mol. The van der Waals surface area contributed by atoms with Crippen LogP contribution in [0.3, 0.4) is 0 Å². The monoisotopic (exact) mass is 740 g/mol. The van der Waals surface area contributed by atoms with Gasteiger partial charge < -0.3 is 0 Å². The van der Waals surface area contributed by atoms with Crippen LogP contribution in [-0.4, -0.2) is 29.9 Å². The first-order chi connectivity index (χ1) is 28.7. The summed E-state index contributed by atoms with van der Waals surface area (Å²) in [5, 5.41) is 4.27. The molecule has 0 atom stereocenters. The van der Waals surface area contributed by atoms with Crippen molar-refractivity contribution in [2.24, 2.45) is 0 Å². The number of hydrogen-bond donors (Lipinski definition) is 0. The average Bonchev–Trinajstić information content (AvgIpc) is 3.31. The van der Waals surface area contributed by atoms with Gasteiger partial charge in [-0.05, 0) is 65.7 Å². The Morgan fingerprint density at radius 2 is 0.845 bits per heavy atom. The van der Waals surface area contributed by atoms with Gasteiger partial charge in [-0.25, -0.2) is 24.9 Å². The van der Waals surface area contributed by atoms with Crippen LogP contribution in [0.4, 0.5) is 0 Å². The number of pyridine rings is 4. The van der Waals surface area contributed by atoms with Gasteiger partial charge in [-0.2, -0.15) is 0 Å². The molecule has 0 aliphatic rings. The fourth-order valence-corrected chi connectivity index (χ4v) is 7.68. The Bertz CT molecular complexity index is 3290. The molecule has 0 bridgehead atoms. The molecule has 0 fully saturated rings. The van der Waals surface area contributed by atoms with E-state index in [2.05, 4.69) is 126 Å². The summed E-state index contributed by atoms with van der Waals surface area (Å²) in [5.74, 6) is 0.693. The van der Waals surface area contributed by atoms with Crippen LogP contribution < -0.4 is 0 Å². The maximum Gasteiger partial charge on any atom is 0.160 e. The second-order valence-electron chi connectivity index (χ2n) is 14.4. The maximum atomic E-state index is 5.12. The zero-order valence-electron chi connectivity index (χ0n) is 31.2. The Kier molecular flexibility index (Phi) is 8.04. The van der Waals surface area contributed by atoms with Gasteiger partial charge in [-0.15, -0.1) is 0 Å². The van der Waals surface area contributed by atoms with E-state index in [1.807, 2.05) is 72.9 Å². The molecule has 0 aliphatic carbocycles. The summed E-state index contributed by atoms with van der Waals surface area (Å²) in [7, 11) is 0. The van der Waals surface area contributed by atoms with E-state index in [1.165, 1.54) is 0 Å². The second-order valence-corrected chi connectivity index (χ2v) is 14.4. The van der Waals surface area contributed by atoms with Crippen molar-refractivity contribution in [1.29, 1.82) is 0 Å². The summed E-state index contributed by atoms with van der Waals surface area (Å²) < 4.78 is 0. The van der Waals surface area contributed by atoms with E-state index < -0.39 is 0 Å². The van der Waals surface area contributed by atoms with Crippen molar-refractivity contribution in [3.8, 4) is 67.7 Å². The SMILES string of the molecule is c1ccc(-c2cc(-c3cccc(-c4ccc5cc(-c6ccc7ccc(-c8ccc9ccc%10cccnc%10c9n8)nc7c6)ccc5n4)c3)nc(-c3ccccc3)n2)cc1. The molecule has 0 saturated carbocycles. The lowest BCUT2D eigenvalue weighted by Gasteiger charge is -2.11. The molecule has 270 valence electrons. The van der Waals surface area contributed by atoms with Crippen LogP contribution in [0.5, 0.6) is 0 Å². The number of aromatic nitrogens is 6. The second kappa shape index (κ2) is 14.0. The number of hydrogen-bond acceptors (Lipinski definition) is 6. The normalized spacial score (nSPS) is 11.4. The molecular formula is C52H32N6. The van der Waals surface area contributed by atoms with E-state index in [-0.39, 0.29) is 0 Å². The molecule has 0 aliphatic heterocycles. The Balaban J connectivity index is 0.910. The summed E-state index contributed by atoms with van der Waals surface area (Å²) in [5.41, 5.74) is 14.1. The first kappa shape index (κ1) is 33.4. The molecule has 6 heteroatoms. The van der Waals surface area contributed by atoms with Gasteiger partial charge in [0.15, 0.2) is 5.82 Å². The molecule has 0 saturated heterocycles.